The number of methoxy groups -OCH3 is 1. The summed E-state index contributed by atoms with van der Waals surface area (Å²) in [5.41, 5.74) is 1.48. The van der Waals surface area contributed by atoms with Crippen molar-refractivity contribution in [3.05, 3.63) is 28.5 Å². The zero-order chi connectivity index (χ0) is 9.84. The molecule has 0 aliphatic carbocycles. The van der Waals surface area contributed by atoms with Gasteiger partial charge in [0.05, 0.1) is 24.2 Å². The highest BCUT2D eigenvalue weighted by molar-refractivity contribution is 6.32. The molecule has 4 heteroatoms. The van der Waals surface area contributed by atoms with Gasteiger partial charge in [-0.3, -0.25) is 9.78 Å². The maximum atomic E-state index is 10.9. The van der Waals surface area contributed by atoms with Crippen LogP contribution >= 0.6 is 11.6 Å². The first-order valence-electron chi connectivity index (χ1n) is 3.82. The molecule has 0 saturated carbocycles. The van der Waals surface area contributed by atoms with E-state index in [0.29, 0.717) is 10.7 Å². The zero-order valence-electron chi connectivity index (χ0n) is 7.50. The van der Waals surface area contributed by atoms with Gasteiger partial charge in [0.2, 0.25) is 0 Å². The average molecular weight is 200 g/mol. The number of halogens is 1. The van der Waals surface area contributed by atoms with Gasteiger partial charge in [-0.1, -0.05) is 11.6 Å². The molecule has 1 heterocycles. The van der Waals surface area contributed by atoms with Gasteiger partial charge in [0.25, 0.3) is 0 Å². The maximum absolute atomic E-state index is 10.9. The fourth-order valence-electron chi connectivity index (χ4n) is 0.929. The van der Waals surface area contributed by atoms with E-state index in [1.807, 2.05) is 6.92 Å². The molecule has 0 saturated heterocycles. The van der Waals surface area contributed by atoms with Crippen molar-refractivity contribution in [2.24, 2.45) is 0 Å². The summed E-state index contributed by atoms with van der Waals surface area (Å²) >= 11 is 5.92. The van der Waals surface area contributed by atoms with Gasteiger partial charge in [-0.15, -0.1) is 0 Å². The van der Waals surface area contributed by atoms with Crippen molar-refractivity contribution in [2.75, 3.05) is 7.11 Å². The number of carbonyl (C=O) groups excluding carboxylic acids is 1. The van der Waals surface area contributed by atoms with E-state index in [9.17, 15) is 4.79 Å². The maximum Gasteiger partial charge on any atom is 0.311 e. The second-order valence-electron chi connectivity index (χ2n) is 2.64. The van der Waals surface area contributed by atoms with Crippen molar-refractivity contribution in [3.63, 3.8) is 0 Å². The number of nitrogens with zero attached hydrogens (tertiary/aromatic N) is 1. The van der Waals surface area contributed by atoms with Gasteiger partial charge in [0, 0.05) is 6.20 Å². The van der Waals surface area contributed by atoms with Crippen molar-refractivity contribution >= 4 is 17.6 Å². The van der Waals surface area contributed by atoms with E-state index in [4.69, 9.17) is 11.6 Å². The lowest BCUT2D eigenvalue weighted by Crippen LogP contribution is -2.06. The minimum atomic E-state index is -0.333. The molecule has 3 nitrogen and oxygen atoms in total. The Morgan fingerprint density at radius 1 is 1.69 bits per heavy atom. The Hall–Kier alpha value is -1.09. The molecule has 1 aromatic rings. The highest BCUT2D eigenvalue weighted by Crippen LogP contribution is 2.18. The lowest BCUT2D eigenvalue weighted by molar-refractivity contribution is -0.139. The summed E-state index contributed by atoms with van der Waals surface area (Å²) in [4.78, 5) is 14.9. The largest absolute Gasteiger partial charge is 0.469 e. The van der Waals surface area contributed by atoms with Gasteiger partial charge in [-0.2, -0.15) is 0 Å². The van der Waals surface area contributed by atoms with Crippen LogP contribution in [0.2, 0.25) is 5.02 Å². The van der Waals surface area contributed by atoms with E-state index in [1.54, 1.807) is 12.3 Å². The van der Waals surface area contributed by atoms with E-state index >= 15 is 0 Å². The Morgan fingerprint density at radius 3 is 3.00 bits per heavy atom. The molecule has 0 unspecified atom stereocenters. The summed E-state index contributed by atoms with van der Waals surface area (Å²) in [7, 11) is 1.34. The SMILES string of the molecule is COC(=O)Cc1nccc(C)c1Cl. The van der Waals surface area contributed by atoms with Crippen LogP contribution in [0.4, 0.5) is 0 Å². The van der Waals surface area contributed by atoms with Gasteiger partial charge in [0.1, 0.15) is 0 Å². The molecular formula is C9H10ClNO2. The molecule has 0 atom stereocenters. The smallest absolute Gasteiger partial charge is 0.311 e. The molecule has 0 aromatic carbocycles. The van der Waals surface area contributed by atoms with Crippen LogP contribution in [0.3, 0.4) is 0 Å². The quantitative estimate of drug-likeness (QED) is 0.682. The summed E-state index contributed by atoms with van der Waals surface area (Å²) < 4.78 is 4.51. The predicted octanol–water partition coefficient (Wildman–Crippen LogP) is 1.76. The monoisotopic (exact) mass is 199 g/mol. The standard InChI is InChI=1S/C9H10ClNO2/c1-6-3-4-11-7(9(6)10)5-8(12)13-2/h3-4H,5H2,1-2H3. The third-order valence-electron chi connectivity index (χ3n) is 1.69. The lowest BCUT2D eigenvalue weighted by atomic mass is 10.2. The van der Waals surface area contributed by atoms with Crippen molar-refractivity contribution in [1.29, 1.82) is 0 Å². The van der Waals surface area contributed by atoms with Crippen molar-refractivity contribution in [1.82, 2.24) is 4.98 Å². The minimum Gasteiger partial charge on any atom is -0.469 e. The number of aromatic nitrogens is 1. The zero-order valence-corrected chi connectivity index (χ0v) is 8.26. The van der Waals surface area contributed by atoms with Crippen LogP contribution in [-0.4, -0.2) is 18.1 Å². The molecule has 70 valence electrons. The number of esters is 1. The van der Waals surface area contributed by atoms with Crippen LogP contribution in [0, 0.1) is 6.92 Å². The van der Waals surface area contributed by atoms with Crippen LogP contribution in [0.25, 0.3) is 0 Å². The number of hydrogen-bond donors (Lipinski definition) is 0. The number of carbonyl (C=O) groups is 1. The van der Waals surface area contributed by atoms with Gasteiger partial charge in [-0.05, 0) is 18.6 Å². The average Bonchev–Trinajstić information content (AvgIpc) is 2.13. The first kappa shape index (κ1) is 9.99. The van der Waals surface area contributed by atoms with Crippen LogP contribution in [-0.2, 0) is 16.0 Å². The molecular weight excluding hydrogens is 190 g/mol. The number of aryl methyl sites for hydroxylation is 1. The van der Waals surface area contributed by atoms with Crippen LogP contribution in [0.5, 0.6) is 0 Å². The normalized spacial score (nSPS) is 9.77. The summed E-state index contributed by atoms with van der Waals surface area (Å²) in [5.74, 6) is -0.333. The van der Waals surface area contributed by atoms with E-state index in [0.717, 1.165) is 5.56 Å². The molecule has 0 aliphatic rings. The predicted molar refractivity (Wildman–Crippen MR) is 49.7 cm³/mol. The minimum absolute atomic E-state index is 0.122. The summed E-state index contributed by atoms with van der Waals surface area (Å²) in [6, 6.07) is 1.79. The second kappa shape index (κ2) is 4.23. The molecule has 0 radical (unpaired) electrons. The van der Waals surface area contributed by atoms with Gasteiger partial charge in [0.15, 0.2) is 0 Å². The van der Waals surface area contributed by atoms with Crippen molar-refractivity contribution < 1.29 is 9.53 Å². The Labute approximate surface area is 81.7 Å². The molecule has 0 spiro atoms. The summed E-state index contributed by atoms with van der Waals surface area (Å²) in [6.45, 7) is 1.87. The first-order valence-corrected chi connectivity index (χ1v) is 4.19. The van der Waals surface area contributed by atoms with Crippen molar-refractivity contribution in [2.45, 2.75) is 13.3 Å². The van der Waals surface area contributed by atoms with Gasteiger partial charge < -0.3 is 4.74 Å². The fourth-order valence-corrected chi connectivity index (χ4v) is 1.11. The highest BCUT2D eigenvalue weighted by atomic mass is 35.5. The summed E-state index contributed by atoms with van der Waals surface area (Å²) in [5, 5.41) is 0.535. The molecule has 0 bridgehead atoms. The van der Waals surface area contributed by atoms with E-state index in [1.165, 1.54) is 7.11 Å². The Morgan fingerprint density at radius 2 is 2.38 bits per heavy atom. The van der Waals surface area contributed by atoms with Gasteiger partial charge >= 0.3 is 5.97 Å². The van der Waals surface area contributed by atoms with Crippen LogP contribution in [0.15, 0.2) is 12.3 Å². The number of ether oxygens (including phenoxy) is 1. The number of rotatable bonds is 2. The Balaban J connectivity index is 2.89. The fraction of sp³-hybridized carbons (Fsp3) is 0.333. The van der Waals surface area contributed by atoms with Crippen LogP contribution < -0.4 is 0 Å². The Kier molecular flexibility index (Phi) is 3.25. The number of hydrogen-bond acceptors (Lipinski definition) is 3. The molecule has 0 fully saturated rings. The molecule has 0 amide bonds. The highest BCUT2D eigenvalue weighted by Gasteiger charge is 2.09. The third kappa shape index (κ3) is 2.42. The van der Waals surface area contributed by atoms with Crippen LogP contribution in [0.1, 0.15) is 11.3 Å². The van der Waals surface area contributed by atoms with Crippen molar-refractivity contribution in [3.8, 4) is 0 Å². The number of pyridine rings is 1. The van der Waals surface area contributed by atoms with Gasteiger partial charge in [-0.25, -0.2) is 0 Å². The summed E-state index contributed by atoms with van der Waals surface area (Å²) in [6.07, 6.45) is 1.75. The second-order valence-corrected chi connectivity index (χ2v) is 3.02. The molecule has 1 rings (SSSR count). The molecule has 1 aromatic heterocycles. The topological polar surface area (TPSA) is 39.2 Å². The first-order chi connectivity index (χ1) is 6.15. The van der Waals surface area contributed by atoms with E-state index < -0.39 is 0 Å². The molecule has 13 heavy (non-hydrogen) atoms. The van der Waals surface area contributed by atoms with E-state index in [-0.39, 0.29) is 12.4 Å². The third-order valence-corrected chi connectivity index (χ3v) is 2.21. The van der Waals surface area contributed by atoms with E-state index in [2.05, 4.69) is 9.72 Å². The molecule has 0 N–H and O–H groups in total. The Bertz CT molecular complexity index is 325. The lowest BCUT2D eigenvalue weighted by Gasteiger charge is -2.03. The molecule has 0 aliphatic heterocycles.